The number of amides is 1. The van der Waals surface area contributed by atoms with Gasteiger partial charge in [0.15, 0.2) is 5.13 Å². The van der Waals surface area contributed by atoms with Gasteiger partial charge in [-0.1, -0.05) is 17.4 Å². The van der Waals surface area contributed by atoms with Crippen LogP contribution in [-0.4, -0.2) is 53.6 Å². The molecule has 0 N–H and O–H groups in total. The fraction of sp³-hybridized carbons (Fsp3) is 0.300. The van der Waals surface area contributed by atoms with E-state index in [1.54, 1.807) is 7.11 Å². The Kier molecular flexibility index (Phi) is 4.85. The summed E-state index contributed by atoms with van der Waals surface area (Å²) in [6, 6.07) is 12.0. The van der Waals surface area contributed by atoms with Gasteiger partial charge in [-0.05, 0) is 31.2 Å². The number of carbonyl (C=O) groups is 1. The molecule has 0 bridgehead atoms. The average molecular weight is 382 g/mol. The maximum Gasteiger partial charge on any atom is 0.266 e. The lowest BCUT2D eigenvalue weighted by Gasteiger charge is -2.36. The number of hydrogen-bond donors (Lipinski definition) is 0. The maximum atomic E-state index is 13.0. The summed E-state index contributed by atoms with van der Waals surface area (Å²) in [7, 11) is 1.68. The first kappa shape index (κ1) is 17.6. The summed E-state index contributed by atoms with van der Waals surface area (Å²) in [5.74, 6) is 0.928. The highest BCUT2D eigenvalue weighted by molar-refractivity contribution is 7.16. The third-order valence-corrected chi connectivity index (χ3v) is 5.95. The highest BCUT2D eigenvalue weighted by Gasteiger charge is 2.26. The molecule has 0 radical (unpaired) electrons. The van der Waals surface area contributed by atoms with Crippen molar-refractivity contribution >= 4 is 22.9 Å². The molecule has 2 aromatic heterocycles. The van der Waals surface area contributed by atoms with Gasteiger partial charge in [-0.3, -0.25) is 4.79 Å². The molecule has 1 amide bonds. The summed E-state index contributed by atoms with van der Waals surface area (Å²) < 4.78 is 7.25. The number of aryl methyl sites for hydroxylation is 1. The number of anilines is 1. The van der Waals surface area contributed by atoms with Gasteiger partial charge in [-0.25, -0.2) is 4.98 Å². The molecule has 0 aliphatic carbocycles. The van der Waals surface area contributed by atoms with E-state index in [1.807, 2.05) is 59.1 Å². The molecule has 1 fully saturated rings. The number of ether oxygens (including phenoxy) is 1. The van der Waals surface area contributed by atoms with Crippen molar-refractivity contribution in [3.63, 3.8) is 0 Å². The normalized spacial score (nSPS) is 14.4. The number of piperazine rings is 1. The lowest BCUT2D eigenvalue weighted by molar-refractivity contribution is 0.0750. The minimum atomic E-state index is 0.0775. The standard InChI is InChI=1S/C20H22N4O2S/c1-15-18(27-20(21-15)24-8-3-4-9-24)19(25)23-12-10-22(11-13-23)16-6-5-7-17(14-16)26-2/h3-9,14H,10-13H2,1-2H3. The summed E-state index contributed by atoms with van der Waals surface area (Å²) in [4.78, 5) is 22.5. The Labute approximate surface area is 162 Å². The van der Waals surface area contributed by atoms with Crippen molar-refractivity contribution in [3.8, 4) is 10.9 Å². The molecule has 0 spiro atoms. The second-order valence-corrected chi connectivity index (χ2v) is 7.46. The van der Waals surface area contributed by atoms with Gasteiger partial charge >= 0.3 is 0 Å². The molecule has 1 aromatic carbocycles. The molecule has 4 rings (SSSR count). The van der Waals surface area contributed by atoms with Crippen LogP contribution in [0.1, 0.15) is 15.4 Å². The maximum absolute atomic E-state index is 13.0. The van der Waals surface area contributed by atoms with Crippen molar-refractivity contribution in [2.24, 2.45) is 0 Å². The van der Waals surface area contributed by atoms with Crippen LogP contribution < -0.4 is 9.64 Å². The van der Waals surface area contributed by atoms with Gasteiger partial charge in [0, 0.05) is 50.3 Å². The zero-order valence-electron chi connectivity index (χ0n) is 15.5. The predicted octanol–water partition coefficient (Wildman–Crippen LogP) is 3.21. The lowest BCUT2D eigenvalue weighted by atomic mass is 10.2. The van der Waals surface area contributed by atoms with Crippen LogP contribution in [0.4, 0.5) is 5.69 Å². The quantitative estimate of drug-likeness (QED) is 0.695. The minimum absolute atomic E-state index is 0.0775. The van der Waals surface area contributed by atoms with Gasteiger partial charge in [-0.15, -0.1) is 0 Å². The molecule has 1 aliphatic heterocycles. The summed E-state index contributed by atoms with van der Waals surface area (Å²) in [5, 5.41) is 0.830. The molecule has 0 saturated carbocycles. The zero-order chi connectivity index (χ0) is 18.8. The Morgan fingerprint density at radius 2 is 1.85 bits per heavy atom. The topological polar surface area (TPSA) is 50.6 Å². The summed E-state index contributed by atoms with van der Waals surface area (Å²) in [6.07, 6.45) is 3.89. The van der Waals surface area contributed by atoms with E-state index >= 15 is 0 Å². The van der Waals surface area contributed by atoms with Crippen molar-refractivity contribution < 1.29 is 9.53 Å². The van der Waals surface area contributed by atoms with Crippen LogP contribution in [0.5, 0.6) is 5.75 Å². The van der Waals surface area contributed by atoms with Gasteiger partial charge in [0.25, 0.3) is 5.91 Å². The fourth-order valence-electron chi connectivity index (χ4n) is 3.27. The largest absolute Gasteiger partial charge is 0.497 e. The molecule has 0 atom stereocenters. The second-order valence-electron chi connectivity index (χ2n) is 6.48. The first-order valence-corrected chi connectivity index (χ1v) is 9.76. The number of hydrogen-bond acceptors (Lipinski definition) is 5. The van der Waals surface area contributed by atoms with E-state index in [9.17, 15) is 4.79 Å². The van der Waals surface area contributed by atoms with Gasteiger partial charge in [0.1, 0.15) is 10.6 Å². The van der Waals surface area contributed by atoms with Crippen LogP contribution in [0.25, 0.3) is 5.13 Å². The van der Waals surface area contributed by atoms with Gasteiger partial charge in [-0.2, -0.15) is 0 Å². The highest BCUT2D eigenvalue weighted by Crippen LogP contribution is 2.25. The predicted molar refractivity (Wildman–Crippen MR) is 107 cm³/mol. The smallest absolute Gasteiger partial charge is 0.266 e. The van der Waals surface area contributed by atoms with E-state index < -0.39 is 0 Å². The number of methoxy groups -OCH3 is 1. The van der Waals surface area contributed by atoms with Crippen LogP contribution in [-0.2, 0) is 0 Å². The van der Waals surface area contributed by atoms with Crippen LogP contribution >= 0.6 is 11.3 Å². The Morgan fingerprint density at radius 1 is 1.11 bits per heavy atom. The van der Waals surface area contributed by atoms with Crippen molar-refractivity contribution in [2.75, 3.05) is 38.2 Å². The Bertz CT molecular complexity index is 927. The van der Waals surface area contributed by atoms with Crippen LogP contribution in [0.3, 0.4) is 0 Å². The summed E-state index contributed by atoms with van der Waals surface area (Å²) in [6.45, 7) is 4.92. The Morgan fingerprint density at radius 3 is 2.56 bits per heavy atom. The van der Waals surface area contributed by atoms with Crippen LogP contribution in [0.2, 0.25) is 0 Å². The molecule has 3 aromatic rings. The van der Waals surface area contributed by atoms with E-state index in [0.29, 0.717) is 13.1 Å². The van der Waals surface area contributed by atoms with Crippen molar-refractivity contribution in [1.29, 1.82) is 0 Å². The molecule has 7 heteroatoms. The third kappa shape index (κ3) is 3.55. The van der Waals surface area contributed by atoms with E-state index in [2.05, 4.69) is 16.0 Å². The number of nitrogens with zero attached hydrogens (tertiary/aromatic N) is 4. The van der Waals surface area contributed by atoms with Gasteiger partial charge in [0.2, 0.25) is 0 Å². The SMILES string of the molecule is COc1cccc(N2CCN(C(=O)c3sc(-n4cccc4)nc3C)CC2)c1. The fourth-order valence-corrected chi connectivity index (χ4v) is 4.27. The second kappa shape index (κ2) is 7.44. The van der Waals surface area contributed by atoms with Gasteiger partial charge < -0.3 is 19.1 Å². The number of benzene rings is 1. The molecular formula is C20H22N4O2S. The molecule has 140 valence electrons. The number of carbonyl (C=O) groups excluding carboxylic acids is 1. The van der Waals surface area contributed by atoms with Crippen molar-refractivity contribution in [1.82, 2.24) is 14.5 Å². The molecular weight excluding hydrogens is 360 g/mol. The van der Waals surface area contributed by atoms with Crippen LogP contribution in [0, 0.1) is 6.92 Å². The van der Waals surface area contributed by atoms with E-state index in [-0.39, 0.29) is 5.91 Å². The van der Waals surface area contributed by atoms with Crippen LogP contribution in [0.15, 0.2) is 48.8 Å². The first-order valence-electron chi connectivity index (χ1n) is 8.95. The molecule has 1 saturated heterocycles. The lowest BCUT2D eigenvalue weighted by Crippen LogP contribution is -2.48. The molecule has 3 heterocycles. The number of thiazole rings is 1. The zero-order valence-corrected chi connectivity index (χ0v) is 16.3. The molecule has 6 nitrogen and oxygen atoms in total. The average Bonchev–Trinajstić information content (AvgIpc) is 3.37. The number of rotatable bonds is 4. The monoisotopic (exact) mass is 382 g/mol. The molecule has 0 unspecified atom stereocenters. The van der Waals surface area contributed by atoms with E-state index in [4.69, 9.17) is 4.74 Å². The van der Waals surface area contributed by atoms with Crippen molar-refractivity contribution in [2.45, 2.75) is 6.92 Å². The highest BCUT2D eigenvalue weighted by atomic mass is 32.1. The molecule has 27 heavy (non-hydrogen) atoms. The minimum Gasteiger partial charge on any atom is -0.497 e. The first-order chi connectivity index (χ1) is 13.2. The summed E-state index contributed by atoms with van der Waals surface area (Å²) >= 11 is 1.45. The Balaban J connectivity index is 1.44. The van der Waals surface area contributed by atoms with Crippen molar-refractivity contribution in [3.05, 3.63) is 59.4 Å². The van der Waals surface area contributed by atoms with E-state index in [0.717, 1.165) is 40.2 Å². The van der Waals surface area contributed by atoms with E-state index in [1.165, 1.54) is 11.3 Å². The number of aromatic nitrogens is 2. The van der Waals surface area contributed by atoms with Gasteiger partial charge in [0.05, 0.1) is 12.8 Å². The Hall–Kier alpha value is -2.80. The third-order valence-electron chi connectivity index (χ3n) is 4.79. The summed E-state index contributed by atoms with van der Waals surface area (Å²) in [5.41, 5.74) is 1.93. The molecule has 1 aliphatic rings.